The second-order valence-corrected chi connectivity index (χ2v) is 13.3. The van der Waals surface area contributed by atoms with E-state index >= 15 is 0 Å². The van der Waals surface area contributed by atoms with Crippen molar-refractivity contribution in [2.45, 2.75) is 12.8 Å². The first-order valence-corrected chi connectivity index (χ1v) is 17.5. The lowest BCUT2D eigenvalue weighted by molar-refractivity contribution is 0.667. The fourth-order valence-electron chi connectivity index (χ4n) is 7.74. The molecule has 0 N–H and O–H groups in total. The Morgan fingerprint density at radius 3 is 1.55 bits per heavy atom. The average molecular weight is 653 g/mol. The van der Waals surface area contributed by atoms with E-state index in [0.717, 1.165) is 57.3 Å². The van der Waals surface area contributed by atoms with E-state index < -0.39 is 0 Å². The summed E-state index contributed by atoms with van der Waals surface area (Å²) in [5, 5.41) is 0.978. The summed E-state index contributed by atoms with van der Waals surface area (Å²) in [4.78, 5) is 10.2. The molecular weight excluding hydrogens is 621 g/mol. The van der Waals surface area contributed by atoms with E-state index in [4.69, 9.17) is 14.4 Å². The molecule has 1 aliphatic carbocycles. The highest BCUT2D eigenvalue weighted by Crippen LogP contribution is 2.41. The molecular formula is C48H32N2O. The summed E-state index contributed by atoms with van der Waals surface area (Å²) in [5.74, 6) is 0.682. The molecule has 0 bridgehead atoms. The Balaban J connectivity index is 1.16. The highest BCUT2D eigenvalue weighted by atomic mass is 16.3. The van der Waals surface area contributed by atoms with Gasteiger partial charge in [0.1, 0.15) is 16.8 Å². The van der Waals surface area contributed by atoms with Gasteiger partial charge in [-0.1, -0.05) is 158 Å². The topological polar surface area (TPSA) is 38.9 Å². The van der Waals surface area contributed by atoms with Gasteiger partial charge in [-0.15, -0.1) is 0 Å². The van der Waals surface area contributed by atoms with Gasteiger partial charge in [0, 0.05) is 16.5 Å². The minimum Gasteiger partial charge on any atom is -0.452 e. The Labute approximate surface area is 296 Å². The maximum Gasteiger partial charge on any atom is 0.180 e. The fraction of sp³-hybridized carbons (Fsp3) is 0.0417. The molecule has 3 heteroatoms. The molecule has 0 fully saturated rings. The van der Waals surface area contributed by atoms with Crippen LogP contribution >= 0.6 is 0 Å². The molecule has 1 aliphatic rings. The van der Waals surface area contributed by atoms with Crippen LogP contribution in [0.4, 0.5) is 0 Å². The van der Waals surface area contributed by atoms with Crippen LogP contribution in [0.15, 0.2) is 174 Å². The molecule has 0 saturated carbocycles. The van der Waals surface area contributed by atoms with E-state index in [2.05, 4.69) is 133 Å². The van der Waals surface area contributed by atoms with Crippen molar-refractivity contribution in [3.05, 3.63) is 192 Å². The summed E-state index contributed by atoms with van der Waals surface area (Å²) < 4.78 is 6.55. The molecule has 7 aromatic carbocycles. The van der Waals surface area contributed by atoms with Crippen molar-refractivity contribution in [2.75, 3.05) is 0 Å². The van der Waals surface area contributed by atoms with Crippen LogP contribution < -0.4 is 0 Å². The Morgan fingerprint density at radius 2 is 0.902 bits per heavy atom. The maximum absolute atomic E-state index is 6.55. The lowest BCUT2D eigenvalue weighted by Crippen LogP contribution is -2.02. The third-order valence-corrected chi connectivity index (χ3v) is 10.2. The van der Waals surface area contributed by atoms with Gasteiger partial charge < -0.3 is 4.42 Å². The van der Waals surface area contributed by atoms with E-state index in [9.17, 15) is 0 Å². The van der Waals surface area contributed by atoms with Gasteiger partial charge in [-0.2, -0.15) is 0 Å². The van der Waals surface area contributed by atoms with E-state index in [-0.39, 0.29) is 0 Å². The zero-order chi connectivity index (χ0) is 33.7. The summed E-state index contributed by atoms with van der Waals surface area (Å²) in [6.07, 6.45) is 1.71. The highest BCUT2D eigenvalue weighted by Gasteiger charge is 2.21. The zero-order valence-electron chi connectivity index (χ0n) is 27.9. The van der Waals surface area contributed by atoms with Crippen molar-refractivity contribution in [3.63, 3.8) is 0 Å². The van der Waals surface area contributed by atoms with Gasteiger partial charge in [-0.3, -0.25) is 0 Å². The predicted molar refractivity (Wildman–Crippen MR) is 209 cm³/mol. The Morgan fingerprint density at radius 1 is 0.392 bits per heavy atom. The molecule has 0 aliphatic heterocycles. The third kappa shape index (κ3) is 5.14. The monoisotopic (exact) mass is 652 g/mol. The predicted octanol–water partition coefficient (Wildman–Crippen LogP) is 12.2. The molecule has 51 heavy (non-hydrogen) atoms. The molecule has 240 valence electrons. The maximum atomic E-state index is 6.55. The number of benzene rings is 7. The Hall–Kier alpha value is -6.58. The minimum atomic E-state index is 0.682. The average Bonchev–Trinajstić information content (AvgIpc) is 3.57. The van der Waals surface area contributed by atoms with Crippen molar-refractivity contribution in [3.8, 4) is 56.0 Å². The van der Waals surface area contributed by atoms with Crippen LogP contribution in [-0.4, -0.2) is 9.97 Å². The quantitative estimate of drug-likeness (QED) is 0.191. The molecule has 0 saturated heterocycles. The molecule has 0 radical (unpaired) electrons. The second-order valence-electron chi connectivity index (χ2n) is 13.3. The lowest BCUT2D eigenvalue weighted by Gasteiger charge is -2.21. The molecule has 0 atom stereocenters. The van der Waals surface area contributed by atoms with E-state index in [0.29, 0.717) is 11.4 Å². The van der Waals surface area contributed by atoms with Gasteiger partial charge in [0.2, 0.25) is 0 Å². The molecule has 0 amide bonds. The van der Waals surface area contributed by atoms with Crippen molar-refractivity contribution in [2.24, 2.45) is 0 Å². The van der Waals surface area contributed by atoms with Crippen molar-refractivity contribution in [1.82, 2.24) is 9.97 Å². The molecule has 10 rings (SSSR count). The standard InChI is InChI=1S/C48H32N2O/c1-3-13-31(14-4-1)45-47-46(50-48(49-45)32-15-5-2-6-16-32)43-30-34(24-26-44(43)51-47)33-23-25-42-38(27-33)29-37-19-9-11-21-40(37)39-20-10-7-17-35(39)28-36-18-8-12-22-41(36)42/h1-27,30H,28-29H2. The van der Waals surface area contributed by atoms with Gasteiger partial charge in [-0.05, 0) is 80.6 Å². The molecule has 3 nitrogen and oxygen atoms in total. The van der Waals surface area contributed by atoms with Crippen LogP contribution in [0.5, 0.6) is 0 Å². The van der Waals surface area contributed by atoms with Crippen molar-refractivity contribution in [1.29, 1.82) is 0 Å². The Bertz CT molecular complexity index is 2740. The van der Waals surface area contributed by atoms with Gasteiger partial charge >= 0.3 is 0 Å². The minimum absolute atomic E-state index is 0.682. The number of hydrogen-bond donors (Lipinski definition) is 0. The first-order chi connectivity index (χ1) is 25.3. The van der Waals surface area contributed by atoms with Crippen LogP contribution in [-0.2, 0) is 12.8 Å². The summed E-state index contributed by atoms with van der Waals surface area (Å²) in [6, 6.07) is 60.5. The van der Waals surface area contributed by atoms with Gasteiger partial charge in [0.15, 0.2) is 11.4 Å². The largest absolute Gasteiger partial charge is 0.452 e. The van der Waals surface area contributed by atoms with Crippen LogP contribution in [0.2, 0.25) is 0 Å². The molecule has 0 unspecified atom stereocenters. The summed E-state index contributed by atoms with van der Waals surface area (Å²) in [5.41, 5.74) is 17.9. The summed E-state index contributed by atoms with van der Waals surface area (Å²) >= 11 is 0. The van der Waals surface area contributed by atoms with Crippen LogP contribution in [0, 0.1) is 0 Å². The fourth-order valence-corrected chi connectivity index (χ4v) is 7.74. The number of fused-ring (bicyclic) bond motifs is 9. The van der Waals surface area contributed by atoms with E-state index in [1.54, 1.807) is 0 Å². The molecule has 2 aromatic heterocycles. The highest BCUT2D eigenvalue weighted by molar-refractivity contribution is 6.08. The SMILES string of the molecule is c1ccc(-c2nc(-c3ccccc3)c3oc4ccc(-c5ccc6c(c5)Cc5ccccc5-c5ccccc5Cc5ccccc5-6)cc4c3n2)cc1. The first kappa shape index (κ1) is 29.3. The first-order valence-electron chi connectivity index (χ1n) is 17.5. The van der Waals surface area contributed by atoms with Crippen molar-refractivity contribution < 1.29 is 4.42 Å². The van der Waals surface area contributed by atoms with Crippen molar-refractivity contribution >= 4 is 22.1 Å². The Kier molecular flexibility index (Phi) is 6.95. The van der Waals surface area contributed by atoms with E-state index in [1.165, 1.54) is 44.5 Å². The molecule has 2 heterocycles. The number of hydrogen-bond acceptors (Lipinski definition) is 3. The van der Waals surface area contributed by atoms with Gasteiger partial charge in [-0.25, -0.2) is 9.97 Å². The number of aromatic nitrogens is 2. The number of rotatable bonds is 3. The third-order valence-electron chi connectivity index (χ3n) is 10.2. The van der Waals surface area contributed by atoms with Gasteiger partial charge in [0.25, 0.3) is 0 Å². The lowest BCUT2D eigenvalue weighted by atomic mass is 9.83. The number of nitrogens with zero attached hydrogens (tertiary/aromatic N) is 2. The second kappa shape index (κ2) is 12.1. The van der Waals surface area contributed by atoms with E-state index in [1.807, 2.05) is 36.4 Å². The molecule has 0 spiro atoms. The van der Waals surface area contributed by atoms with Crippen LogP contribution in [0.3, 0.4) is 0 Å². The smallest absolute Gasteiger partial charge is 0.180 e. The zero-order valence-corrected chi connectivity index (χ0v) is 27.9. The summed E-state index contributed by atoms with van der Waals surface area (Å²) in [6.45, 7) is 0. The number of furan rings is 1. The van der Waals surface area contributed by atoms with Gasteiger partial charge in [0.05, 0.1) is 0 Å². The van der Waals surface area contributed by atoms with Crippen LogP contribution in [0.25, 0.3) is 78.1 Å². The summed E-state index contributed by atoms with van der Waals surface area (Å²) in [7, 11) is 0. The normalized spacial score (nSPS) is 12.2. The van der Waals surface area contributed by atoms with Crippen LogP contribution in [0.1, 0.15) is 22.3 Å². The molecule has 9 aromatic rings.